The summed E-state index contributed by atoms with van der Waals surface area (Å²) in [6.07, 6.45) is 4.20. The first kappa shape index (κ1) is 23.3. The molecule has 0 saturated carbocycles. The molecule has 0 spiro atoms. The Morgan fingerprint density at radius 2 is 2.09 bits per heavy atom. The molecule has 0 aliphatic heterocycles. The van der Waals surface area contributed by atoms with Gasteiger partial charge < -0.3 is 14.8 Å². The summed E-state index contributed by atoms with van der Waals surface area (Å²) in [4.78, 5) is 16.0. The fourth-order valence-corrected chi connectivity index (χ4v) is 6.14. The second-order valence-corrected chi connectivity index (χ2v) is 10.5. The van der Waals surface area contributed by atoms with Crippen molar-refractivity contribution >= 4 is 39.7 Å². The molecule has 172 valence electrons. The van der Waals surface area contributed by atoms with Crippen LogP contribution in [0.3, 0.4) is 0 Å². The number of thioether (sulfide) groups is 1. The molecule has 0 fully saturated rings. The Labute approximate surface area is 202 Å². The maximum Gasteiger partial charge on any atom is 0.235 e. The third kappa shape index (κ3) is 4.92. The predicted molar refractivity (Wildman–Crippen MR) is 135 cm³/mol. The highest BCUT2D eigenvalue weighted by atomic mass is 32.2. The Hall–Kier alpha value is -2.83. The summed E-state index contributed by atoms with van der Waals surface area (Å²) < 4.78 is 1.90. The summed E-state index contributed by atoms with van der Waals surface area (Å²) in [5, 5.41) is 22.6. The van der Waals surface area contributed by atoms with E-state index in [-0.39, 0.29) is 11.7 Å². The molecule has 1 aliphatic rings. The molecule has 1 N–H and O–H groups in total. The minimum atomic E-state index is -0.137. The van der Waals surface area contributed by atoms with Crippen molar-refractivity contribution in [1.82, 2.24) is 14.8 Å². The lowest BCUT2D eigenvalue weighted by atomic mass is 9.86. The first-order valence-corrected chi connectivity index (χ1v) is 12.9. The topological polar surface area (TPSA) is 86.8 Å². The fraction of sp³-hybridized carbons (Fsp3) is 0.417. The van der Waals surface area contributed by atoms with Gasteiger partial charge in [-0.15, -0.1) is 21.5 Å². The monoisotopic (exact) mass is 480 g/mol. The molecule has 3 aromatic rings. The van der Waals surface area contributed by atoms with Gasteiger partial charge in [-0.05, 0) is 55.0 Å². The molecular formula is C24H28N6OS2. The highest BCUT2D eigenvalue weighted by molar-refractivity contribution is 7.99. The van der Waals surface area contributed by atoms with Crippen LogP contribution in [0.2, 0.25) is 0 Å². The molecule has 1 aliphatic carbocycles. The molecule has 0 bridgehead atoms. The molecule has 9 heteroatoms. The van der Waals surface area contributed by atoms with E-state index in [1.165, 1.54) is 16.6 Å². The molecule has 1 aromatic carbocycles. The van der Waals surface area contributed by atoms with Gasteiger partial charge in [-0.25, -0.2) is 0 Å². The molecule has 0 saturated heterocycles. The number of amides is 1. The molecule has 33 heavy (non-hydrogen) atoms. The van der Waals surface area contributed by atoms with Crippen molar-refractivity contribution in [3.05, 3.63) is 40.3 Å². The number of thiophene rings is 1. The molecule has 1 amide bonds. The summed E-state index contributed by atoms with van der Waals surface area (Å²) >= 11 is 2.90. The van der Waals surface area contributed by atoms with E-state index in [4.69, 9.17) is 0 Å². The number of hydrogen-bond acceptors (Lipinski definition) is 7. The van der Waals surface area contributed by atoms with E-state index in [0.29, 0.717) is 21.6 Å². The van der Waals surface area contributed by atoms with Crippen LogP contribution in [0.1, 0.15) is 35.8 Å². The Morgan fingerprint density at radius 1 is 1.33 bits per heavy atom. The van der Waals surface area contributed by atoms with Gasteiger partial charge in [-0.3, -0.25) is 4.79 Å². The van der Waals surface area contributed by atoms with Crippen molar-refractivity contribution in [2.24, 2.45) is 13.0 Å². The van der Waals surface area contributed by atoms with Gasteiger partial charge in [0.05, 0.1) is 11.3 Å². The maximum atomic E-state index is 12.7. The summed E-state index contributed by atoms with van der Waals surface area (Å²) in [7, 11) is 5.91. The Balaban J connectivity index is 1.41. The minimum absolute atomic E-state index is 0.137. The maximum absolute atomic E-state index is 12.7. The lowest BCUT2D eigenvalue weighted by molar-refractivity contribution is -0.113. The zero-order valence-corrected chi connectivity index (χ0v) is 21.0. The number of nitrogens with one attached hydrogen (secondary N) is 1. The van der Waals surface area contributed by atoms with E-state index in [2.05, 4.69) is 28.5 Å². The smallest absolute Gasteiger partial charge is 0.235 e. The normalized spacial score (nSPS) is 15.1. The van der Waals surface area contributed by atoms with Gasteiger partial charge in [-0.2, -0.15) is 5.26 Å². The van der Waals surface area contributed by atoms with Crippen LogP contribution in [0.25, 0.3) is 11.4 Å². The fourth-order valence-electron chi connectivity index (χ4n) is 4.10. The van der Waals surface area contributed by atoms with Crippen LogP contribution in [-0.4, -0.2) is 40.5 Å². The van der Waals surface area contributed by atoms with Crippen LogP contribution in [0.15, 0.2) is 29.4 Å². The third-order valence-electron chi connectivity index (χ3n) is 6.12. The van der Waals surface area contributed by atoms with Gasteiger partial charge in [0.1, 0.15) is 11.1 Å². The van der Waals surface area contributed by atoms with Gasteiger partial charge in [0.2, 0.25) is 5.91 Å². The predicted octanol–water partition coefficient (Wildman–Crippen LogP) is 4.73. The number of carbonyl (C=O) groups is 1. The standard InChI is InChI=1S/C24H28N6OS2/c1-5-15-6-11-18-19(13-25)23(33-20(18)12-15)26-21(31)14-32-24-28-27-22(30(24)4)16-7-9-17(10-8-16)29(2)3/h7-10,15H,5-6,11-12,14H2,1-4H3,(H,26,31). The quantitative estimate of drug-likeness (QED) is 0.492. The third-order valence-corrected chi connectivity index (χ3v) is 8.31. The largest absolute Gasteiger partial charge is 0.378 e. The number of nitrogens with zero attached hydrogens (tertiary/aromatic N) is 5. The minimum Gasteiger partial charge on any atom is -0.378 e. The van der Waals surface area contributed by atoms with Crippen molar-refractivity contribution in [3.63, 3.8) is 0 Å². The number of carbonyl (C=O) groups excluding carboxylic acids is 1. The molecular weight excluding hydrogens is 452 g/mol. The van der Waals surface area contributed by atoms with Crippen molar-refractivity contribution in [2.75, 3.05) is 30.1 Å². The van der Waals surface area contributed by atoms with Crippen LogP contribution in [0.5, 0.6) is 0 Å². The van der Waals surface area contributed by atoms with Gasteiger partial charge in [0, 0.05) is 37.3 Å². The van der Waals surface area contributed by atoms with Crippen molar-refractivity contribution in [3.8, 4) is 17.5 Å². The van der Waals surface area contributed by atoms with E-state index < -0.39 is 0 Å². The number of fused-ring (bicyclic) bond motifs is 1. The molecule has 2 aromatic heterocycles. The zero-order chi connectivity index (χ0) is 23.5. The second kappa shape index (κ2) is 9.98. The van der Waals surface area contributed by atoms with Gasteiger partial charge in [0.15, 0.2) is 11.0 Å². The first-order chi connectivity index (χ1) is 15.9. The molecule has 0 radical (unpaired) electrons. The first-order valence-electron chi connectivity index (χ1n) is 11.1. The summed E-state index contributed by atoms with van der Waals surface area (Å²) in [6, 6.07) is 10.4. The number of nitriles is 1. The lowest BCUT2D eigenvalue weighted by Crippen LogP contribution is -2.14. The number of rotatable bonds is 7. The van der Waals surface area contributed by atoms with Crippen LogP contribution in [0.4, 0.5) is 10.7 Å². The number of aromatic nitrogens is 3. The average Bonchev–Trinajstić information content (AvgIpc) is 3.36. The van der Waals surface area contributed by atoms with Gasteiger partial charge >= 0.3 is 0 Å². The Morgan fingerprint density at radius 3 is 2.76 bits per heavy atom. The van der Waals surface area contributed by atoms with Crippen LogP contribution in [0, 0.1) is 17.2 Å². The number of benzene rings is 1. The number of anilines is 2. The van der Waals surface area contributed by atoms with Crippen molar-refractivity contribution in [1.29, 1.82) is 5.26 Å². The van der Waals surface area contributed by atoms with E-state index in [1.807, 2.05) is 54.9 Å². The summed E-state index contributed by atoms with van der Waals surface area (Å²) in [6.45, 7) is 2.21. The Kier molecular flexibility index (Phi) is 7.05. The van der Waals surface area contributed by atoms with E-state index in [1.54, 1.807) is 11.3 Å². The van der Waals surface area contributed by atoms with E-state index >= 15 is 0 Å². The highest BCUT2D eigenvalue weighted by Crippen LogP contribution is 2.40. The highest BCUT2D eigenvalue weighted by Gasteiger charge is 2.26. The zero-order valence-electron chi connectivity index (χ0n) is 19.4. The summed E-state index contributed by atoms with van der Waals surface area (Å²) in [5.74, 6) is 1.50. The van der Waals surface area contributed by atoms with E-state index in [0.717, 1.165) is 48.3 Å². The van der Waals surface area contributed by atoms with Gasteiger partial charge in [0.25, 0.3) is 0 Å². The van der Waals surface area contributed by atoms with Crippen LogP contribution >= 0.6 is 23.1 Å². The average molecular weight is 481 g/mol. The lowest BCUT2D eigenvalue weighted by Gasteiger charge is -2.20. The van der Waals surface area contributed by atoms with Crippen LogP contribution in [-0.2, 0) is 24.7 Å². The second-order valence-electron chi connectivity index (χ2n) is 8.48. The van der Waals surface area contributed by atoms with Crippen LogP contribution < -0.4 is 10.2 Å². The molecule has 4 rings (SSSR count). The molecule has 2 heterocycles. The Bertz CT molecular complexity index is 1190. The SMILES string of the molecule is CCC1CCc2c(sc(NC(=O)CSc3nnc(-c4ccc(N(C)C)cc4)n3C)c2C#N)C1. The molecule has 1 atom stereocenters. The summed E-state index contributed by atoms with van der Waals surface area (Å²) in [5.41, 5.74) is 3.86. The van der Waals surface area contributed by atoms with Crippen molar-refractivity contribution in [2.45, 2.75) is 37.8 Å². The van der Waals surface area contributed by atoms with Gasteiger partial charge in [-0.1, -0.05) is 25.1 Å². The van der Waals surface area contributed by atoms with E-state index in [9.17, 15) is 10.1 Å². The van der Waals surface area contributed by atoms with Crippen molar-refractivity contribution < 1.29 is 4.79 Å². The molecule has 1 unspecified atom stereocenters. The molecule has 7 nitrogen and oxygen atoms in total. The number of hydrogen-bond donors (Lipinski definition) is 1.